The highest BCUT2D eigenvalue weighted by Gasteiger charge is 2.56. The summed E-state index contributed by atoms with van der Waals surface area (Å²) in [4.78, 5) is 41.4. The van der Waals surface area contributed by atoms with Gasteiger partial charge in [-0.2, -0.15) is 0 Å². The van der Waals surface area contributed by atoms with Gasteiger partial charge in [0.15, 0.2) is 0 Å². The van der Waals surface area contributed by atoms with E-state index in [-0.39, 0.29) is 30.2 Å². The topological polar surface area (TPSA) is 98.7 Å². The Morgan fingerprint density at radius 3 is 2.53 bits per heavy atom. The summed E-state index contributed by atoms with van der Waals surface area (Å²) in [5.41, 5.74) is 0.490. The third-order valence-electron chi connectivity index (χ3n) is 6.59. The first-order valence-corrected chi connectivity index (χ1v) is 11.7. The average molecular weight is 462 g/mol. The lowest BCUT2D eigenvalue weighted by Gasteiger charge is -2.33. The molecule has 7 nitrogen and oxygen atoms in total. The van der Waals surface area contributed by atoms with Crippen LogP contribution in [-0.4, -0.2) is 54.0 Å². The van der Waals surface area contributed by atoms with Crippen molar-refractivity contribution in [3.63, 3.8) is 0 Å². The summed E-state index contributed by atoms with van der Waals surface area (Å²) in [6, 6.07) is 6.25. The molecule has 0 unspecified atom stereocenters. The molecular weight excluding hydrogens is 430 g/mol. The van der Waals surface area contributed by atoms with Gasteiger partial charge in [0.25, 0.3) is 0 Å². The molecule has 2 aliphatic rings. The molecule has 1 aromatic rings. The van der Waals surface area contributed by atoms with Crippen molar-refractivity contribution in [3.05, 3.63) is 41.4 Å². The van der Waals surface area contributed by atoms with Gasteiger partial charge in [-0.25, -0.2) is 0 Å². The number of hydrogen-bond acceptors (Lipinski definition) is 4. The van der Waals surface area contributed by atoms with E-state index in [0.717, 1.165) is 12.8 Å². The molecular formula is C24H32ClN3O4. The monoisotopic (exact) mass is 461 g/mol. The smallest absolute Gasteiger partial charge is 0.247 e. The number of carbonyl (C=O) groups excluding carboxylic acids is 3. The Hall–Kier alpha value is -2.38. The van der Waals surface area contributed by atoms with Crippen molar-refractivity contribution < 1.29 is 19.5 Å². The fourth-order valence-corrected chi connectivity index (χ4v) is 5.18. The van der Waals surface area contributed by atoms with Crippen LogP contribution in [0.2, 0.25) is 5.02 Å². The van der Waals surface area contributed by atoms with Gasteiger partial charge in [0, 0.05) is 26.1 Å². The fraction of sp³-hybridized carbons (Fsp3) is 0.542. The number of aliphatic hydroxyl groups is 1. The Labute approximate surface area is 194 Å². The number of hydrogen-bond donors (Lipinski definition) is 3. The van der Waals surface area contributed by atoms with Crippen molar-refractivity contribution in [2.24, 2.45) is 23.7 Å². The first kappa shape index (κ1) is 24.3. The summed E-state index contributed by atoms with van der Waals surface area (Å²) in [7, 11) is 1.58. The van der Waals surface area contributed by atoms with Crippen LogP contribution in [0.15, 0.2) is 36.4 Å². The standard InChI is InChI=1S/C24H32ClN3O4/c1-3-15-11-12-16-20(19(15)22(30)26-2)24(32)28(13-7-4-8-14-29)21(16)23(31)27-18-10-6-5-9-17(18)25/h5-6,9-12,15-16,19-21,29H,3-4,7-8,13-14H2,1-2H3,(H,26,30)(H,27,31)/t15-,16+,19-,20-,21+/m1/s1. The second-order valence-electron chi connectivity index (χ2n) is 8.43. The Balaban J connectivity index is 1.93. The first-order valence-electron chi connectivity index (χ1n) is 11.3. The molecule has 1 aromatic carbocycles. The van der Waals surface area contributed by atoms with Gasteiger partial charge in [0.1, 0.15) is 6.04 Å². The largest absolute Gasteiger partial charge is 0.396 e. The maximum atomic E-state index is 13.6. The average Bonchev–Trinajstić information content (AvgIpc) is 3.08. The van der Waals surface area contributed by atoms with E-state index in [1.165, 1.54) is 0 Å². The third kappa shape index (κ3) is 4.84. The Kier molecular flexibility index (Phi) is 8.32. The Morgan fingerprint density at radius 1 is 1.12 bits per heavy atom. The molecule has 0 radical (unpaired) electrons. The highest BCUT2D eigenvalue weighted by Crippen LogP contribution is 2.45. The molecule has 0 aromatic heterocycles. The minimum atomic E-state index is -0.723. The minimum absolute atomic E-state index is 0.0539. The predicted molar refractivity (Wildman–Crippen MR) is 124 cm³/mol. The number of unbranched alkanes of at least 4 members (excludes halogenated alkanes) is 2. The van der Waals surface area contributed by atoms with Crippen LogP contribution >= 0.6 is 11.6 Å². The van der Waals surface area contributed by atoms with Crippen molar-refractivity contribution in [2.75, 3.05) is 25.5 Å². The third-order valence-corrected chi connectivity index (χ3v) is 6.92. The number of amides is 3. The van der Waals surface area contributed by atoms with Crippen molar-refractivity contribution in [1.82, 2.24) is 10.2 Å². The number of benzene rings is 1. The molecule has 5 atom stereocenters. The number of carbonyl (C=O) groups is 3. The lowest BCUT2D eigenvalue weighted by Crippen LogP contribution is -2.45. The highest BCUT2D eigenvalue weighted by atomic mass is 35.5. The van der Waals surface area contributed by atoms with E-state index in [0.29, 0.717) is 30.1 Å². The molecule has 32 heavy (non-hydrogen) atoms. The molecule has 1 heterocycles. The normalized spacial score (nSPS) is 26.7. The molecule has 1 aliphatic heterocycles. The van der Waals surface area contributed by atoms with Crippen LogP contribution in [0.5, 0.6) is 0 Å². The number of halogens is 1. The predicted octanol–water partition coefficient (Wildman–Crippen LogP) is 2.84. The van der Waals surface area contributed by atoms with Gasteiger partial charge >= 0.3 is 0 Å². The Morgan fingerprint density at radius 2 is 1.88 bits per heavy atom. The second kappa shape index (κ2) is 11.0. The molecule has 1 saturated heterocycles. The van der Waals surface area contributed by atoms with Crippen molar-refractivity contribution in [2.45, 2.75) is 38.6 Å². The van der Waals surface area contributed by atoms with Crippen LogP contribution in [0, 0.1) is 23.7 Å². The molecule has 0 saturated carbocycles. The zero-order valence-electron chi connectivity index (χ0n) is 18.6. The number of rotatable bonds is 9. The number of anilines is 1. The van der Waals surface area contributed by atoms with Gasteiger partial charge in [0.2, 0.25) is 17.7 Å². The molecule has 8 heteroatoms. The van der Waals surface area contributed by atoms with Gasteiger partial charge in [0.05, 0.1) is 22.5 Å². The molecule has 0 bridgehead atoms. The summed E-state index contributed by atoms with van der Waals surface area (Å²) < 4.78 is 0. The van der Waals surface area contributed by atoms with Crippen molar-refractivity contribution in [1.29, 1.82) is 0 Å². The number of para-hydroxylation sites is 1. The summed E-state index contributed by atoms with van der Waals surface area (Å²) in [5.74, 6) is -2.17. The molecule has 3 amide bonds. The maximum absolute atomic E-state index is 13.6. The van der Waals surface area contributed by atoms with Crippen molar-refractivity contribution >= 4 is 35.0 Å². The number of likely N-dealkylation sites (tertiary alicyclic amines) is 1. The molecule has 0 spiro atoms. The van der Waals surface area contributed by atoms with E-state index in [1.54, 1.807) is 36.2 Å². The number of allylic oxidation sites excluding steroid dienone is 1. The van der Waals surface area contributed by atoms with Crippen LogP contribution in [0.25, 0.3) is 0 Å². The fourth-order valence-electron chi connectivity index (χ4n) is 4.99. The summed E-state index contributed by atoms with van der Waals surface area (Å²) in [6.45, 7) is 2.49. The lowest BCUT2D eigenvalue weighted by molar-refractivity contribution is -0.140. The summed E-state index contributed by atoms with van der Waals surface area (Å²) >= 11 is 6.23. The summed E-state index contributed by atoms with van der Waals surface area (Å²) in [5, 5.41) is 15.1. The van der Waals surface area contributed by atoms with Crippen LogP contribution in [0.4, 0.5) is 5.69 Å². The SMILES string of the molecule is CC[C@@H]1C=C[C@H]2[C@@H](C(=O)N(CCCCCO)[C@@H]2C(=O)Nc2ccccc2Cl)[C@@H]1C(=O)NC. The van der Waals surface area contributed by atoms with Crippen LogP contribution in [0.1, 0.15) is 32.6 Å². The van der Waals surface area contributed by atoms with Crippen molar-refractivity contribution in [3.8, 4) is 0 Å². The number of aliphatic hydroxyl groups excluding tert-OH is 1. The van der Waals surface area contributed by atoms with E-state index < -0.39 is 23.8 Å². The van der Waals surface area contributed by atoms with Crippen LogP contribution in [-0.2, 0) is 14.4 Å². The van der Waals surface area contributed by atoms with Crippen LogP contribution < -0.4 is 10.6 Å². The van der Waals surface area contributed by atoms with Gasteiger partial charge in [-0.1, -0.05) is 42.8 Å². The Bertz CT molecular complexity index is 875. The zero-order valence-corrected chi connectivity index (χ0v) is 19.3. The van der Waals surface area contributed by atoms with Gasteiger partial charge < -0.3 is 20.6 Å². The molecule has 3 rings (SSSR count). The highest BCUT2D eigenvalue weighted by molar-refractivity contribution is 6.33. The number of fused-ring (bicyclic) bond motifs is 1. The van der Waals surface area contributed by atoms with E-state index >= 15 is 0 Å². The molecule has 1 fully saturated rings. The van der Waals surface area contributed by atoms with E-state index in [9.17, 15) is 14.4 Å². The summed E-state index contributed by atoms with van der Waals surface area (Å²) in [6.07, 6.45) is 6.73. The number of nitrogens with zero attached hydrogens (tertiary/aromatic N) is 1. The van der Waals surface area contributed by atoms with Gasteiger partial charge in [-0.3, -0.25) is 14.4 Å². The maximum Gasteiger partial charge on any atom is 0.247 e. The number of nitrogens with one attached hydrogen (secondary N) is 2. The molecule has 1 aliphatic carbocycles. The van der Waals surface area contributed by atoms with E-state index in [2.05, 4.69) is 10.6 Å². The molecule has 3 N–H and O–H groups in total. The van der Waals surface area contributed by atoms with Crippen LogP contribution in [0.3, 0.4) is 0 Å². The minimum Gasteiger partial charge on any atom is -0.396 e. The van der Waals surface area contributed by atoms with Gasteiger partial charge in [-0.15, -0.1) is 0 Å². The molecule has 174 valence electrons. The van der Waals surface area contributed by atoms with E-state index in [4.69, 9.17) is 16.7 Å². The lowest BCUT2D eigenvalue weighted by atomic mass is 9.69. The first-order chi connectivity index (χ1) is 15.4. The quantitative estimate of drug-likeness (QED) is 0.389. The zero-order chi connectivity index (χ0) is 23.3. The second-order valence-corrected chi connectivity index (χ2v) is 8.84. The van der Waals surface area contributed by atoms with E-state index in [1.807, 2.05) is 19.1 Å². The van der Waals surface area contributed by atoms with Gasteiger partial charge in [-0.05, 0) is 43.7 Å².